The van der Waals surface area contributed by atoms with Crippen molar-refractivity contribution in [1.82, 2.24) is 4.57 Å². The molecular weight excluding hydrogens is 365 g/mol. The Bertz CT molecular complexity index is 993. The van der Waals surface area contributed by atoms with Gasteiger partial charge in [0.2, 0.25) is 11.8 Å². The summed E-state index contributed by atoms with van der Waals surface area (Å²) in [7, 11) is -2.39. The van der Waals surface area contributed by atoms with Gasteiger partial charge in [-0.2, -0.15) is 0 Å². The Morgan fingerprint density at radius 3 is 1.43 bits per heavy atom. The predicted molar refractivity (Wildman–Crippen MR) is 117 cm³/mol. The Kier molecular flexibility index (Phi) is 4.85. The molecule has 1 heterocycles. The lowest BCUT2D eigenvalue weighted by Crippen LogP contribution is -2.38. The average Bonchev–Trinajstić information content (AvgIpc) is 3.13. The third-order valence-electron chi connectivity index (χ3n) is 4.97. The van der Waals surface area contributed by atoms with Crippen molar-refractivity contribution >= 4 is 34.4 Å². The van der Waals surface area contributed by atoms with Gasteiger partial charge in [0.25, 0.3) is 0 Å². The first-order valence-electron chi connectivity index (χ1n) is 9.13. The molecule has 28 heavy (non-hydrogen) atoms. The summed E-state index contributed by atoms with van der Waals surface area (Å²) in [6, 6.07) is 32.7. The second-order valence-electron chi connectivity index (χ2n) is 6.59. The van der Waals surface area contributed by atoms with Gasteiger partial charge in [-0.15, -0.1) is 0 Å². The van der Waals surface area contributed by atoms with Crippen molar-refractivity contribution in [3.8, 4) is 5.88 Å². The summed E-state index contributed by atoms with van der Waals surface area (Å²) in [6.45, 7) is 1.46. The van der Waals surface area contributed by atoms with Crippen LogP contribution in [0, 0.1) is 0 Å². The van der Waals surface area contributed by atoms with Gasteiger partial charge in [0, 0.05) is 19.2 Å². The quantitative estimate of drug-likeness (QED) is 0.546. The third-order valence-corrected chi connectivity index (χ3v) is 9.26. The number of carbonyl (C=O) groups is 1. The number of nitrogens with zero attached hydrogens (tertiary/aromatic N) is 1. The van der Waals surface area contributed by atoms with Crippen LogP contribution in [0.25, 0.3) is 0 Å². The number of hydrogen-bond donors (Lipinski definition) is 1. The molecule has 0 aliphatic rings. The largest absolute Gasteiger partial charge is 0.491 e. The van der Waals surface area contributed by atoms with Gasteiger partial charge < -0.3 is 5.11 Å². The molecule has 3 nitrogen and oxygen atoms in total. The molecule has 0 saturated carbocycles. The van der Waals surface area contributed by atoms with Crippen LogP contribution < -0.4 is 21.2 Å². The fraction of sp³-hybridized carbons (Fsp3) is 0.0417. The zero-order chi connectivity index (χ0) is 19.6. The topological polar surface area (TPSA) is 42.2 Å². The standard InChI is InChI=1S/C24H20NO2P/c1-19(26)25-18-17-23(24(25)27)28(20-11-5-2-6-12-20,21-13-7-3-8-14-21)22-15-9-4-10-16-22/h2-18H,1H3/p+1. The van der Waals surface area contributed by atoms with E-state index in [0.29, 0.717) is 0 Å². The number of carbonyl (C=O) groups excluding carboxylic acids is 1. The van der Waals surface area contributed by atoms with E-state index in [0.717, 1.165) is 21.2 Å². The van der Waals surface area contributed by atoms with Crippen LogP contribution in [0.1, 0.15) is 11.7 Å². The number of benzene rings is 3. The minimum Gasteiger partial charge on any atom is -0.491 e. The lowest BCUT2D eigenvalue weighted by molar-refractivity contribution is 0.0928. The molecule has 4 rings (SSSR count). The molecule has 0 saturated heterocycles. The SMILES string of the molecule is CC(=O)n1ccc([P+](c2ccccc2)(c2ccccc2)c2ccccc2)c1O. The van der Waals surface area contributed by atoms with Crippen LogP contribution in [0.3, 0.4) is 0 Å². The van der Waals surface area contributed by atoms with Crippen LogP contribution in [0.4, 0.5) is 0 Å². The third kappa shape index (κ3) is 2.85. The van der Waals surface area contributed by atoms with Gasteiger partial charge in [-0.05, 0) is 36.4 Å². The maximum Gasteiger partial charge on any atom is 0.243 e. The van der Waals surface area contributed by atoms with E-state index in [9.17, 15) is 9.90 Å². The van der Waals surface area contributed by atoms with E-state index < -0.39 is 7.26 Å². The van der Waals surface area contributed by atoms with E-state index in [-0.39, 0.29) is 11.8 Å². The minimum atomic E-state index is -2.39. The molecule has 138 valence electrons. The van der Waals surface area contributed by atoms with Gasteiger partial charge in [-0.25, -0.2) is 0 Å². The first kappa shape index (κ1) is 18.2. The minimum absolute atomic E-state index is 0.0115. The molecule has 0 bridgehead atoms. The summed E-state index contributed by atoms with van der Waals surface area (Å²) >= 11 is 0. The average molecular weight is 386 g/mol. The molecule has 4 heteroatoms. The molecule has 0 fully saturated rings. The smallest absolute Gasteiger partial charge is 0.243 e. The van der Waals surface area contributed by atoms with Gasteiger partial charge in [0.05, 0.1) is 0 Å². The first-order valence-corrected chi connectivity index (χ1v) is 10.9. The Labute approximate surface area is 165 Å². The van der Waals surface area contributed by atoms with Crippen LogP contribution in [0.2, 0.25) is 0 Å². The molecular formula is C24H21NO2P+. The van der Waals surface area contributed by atoms with E-state index in [1.165, 1.54) is 11.5 Å². The Morgan fingerprint density at radius 1 is 0.714 bits per heavy atom. The van der Waals surface area contributed by atoms with Crippen LogP contribution in [-0.4, -0.2) is 15.6 Å². The van der Waals surface area contributed by atoms with Crippen molar-refractivity contribution < 1.29 is 9.90 Å². The van der Waals surface area contributed by atoms with Crippen molar-refractivity contribution in [2.45, 2.75) is 6.92 Å². The zero-order valence-corrected chi connectivity index (χ0v) is 16.5. The molecule has 0 spiro atoms. The van der Waals surface area contributed by atoms with Crippen LogP contribution in [0.15, 0.2) is 103 Å². The second-order valence-corrected chi connectivity index (χ2v) is 9.96. The van der Waals surface area contributed by atoms with Crippen LogP contribution >= 0.6 is 7.26 Å². The van der Waals surface area contributed by atoms with Gasteiger partial charge >= 0.3 is 0 Å². The number of hydrogen-bond acceptors (Lipinski definition) is 2. The zero-order valence-electron chi connectivity index (χ0n) is 15.6. The molecule has 1 N–H and O–H groups in total. The highest BCUT2D eigenvalue weighted by atomic mass is 31.2. The van der Waals surface area contributed by atoms with E-state index in [2.05, 4.69) is 36.4 Å². The van der Waals surface area contributed by atoms with Crippen molar-refractivity contribution in [2.75, 3.05) is 0 Å². The normalized spacial score (nSPS) is 11.3. The summed E-state index contributed by atoms with van der Waals surface area (Å²) in [4.78, 5) is 12.0. The number of aromatic hydroxyl groups is 1. The molecule has 0 radical (unpaired) electrons. The summed E-state index contributed by atoms with van der Waals surface area (Å²) in [5.74, 6) is -0.201. The number of aromatic nitrogens is 1. The highest BCUT2D eigenvalue weighted by molar-refractivity contribution is 8.01. The molecule has 4 aromatic rings. The van der Waals surface area contributed by atoms with E-state index >= 15 is 0 Å². The first-order chi connectivity index (χ1) is 13.7. The van der Waals surface area contributed by atoms with Crippen molar-refractivity contribution in [2.24, 2.45) is 0 Å². The Morgan fingerprint density at radius 2 is 1.11 bits per heavy atom. The van der Waals surface area contributed by atoms with Crippen molar-refractivity contribution in [3.05, 3.63) is 103 Å². The summed E-state index contributed by atoms with van der Waals surface area (Å²) in [6.07, 6.45) is 1.66. The molecule has 0 amide bonds. The molecule has 3 aromatic carbocycles. The Hall–Kier alpha value is -3.16. The van der Waals surface area contributed by atoms with E-state index in [1.807, 2.05) is 60.7 Å². The summed E-state index contributed by atoms with van der Waals surface area (Å²) < 4.78 is 1.32. The maximum absolute atomic E-state index is 12.0. The van der Waals surface area contributed by atoms with Gasteiger partial charge in [-0.1, -0.05) is 54.6 Å². The lowest BCUT2D eigenvalue weighted by Gasteiger charge is -2.26. The molecule has 0 aliphatic heterocycles. The molecule has 0 aliphatic carbocycles. The summed E-state index contributed by atoms with van der Waals surface area (Å²) in [5, 5.41) is 15.3. The van der Waals surface area contributed by atoms with Crippen LogP contribution in [-0.2, 0) is 0 Å². The van der Waals surface area contributed by atoms with Crippen LogP contribution in [0.5, 0.6) is 5.88 Å². The lowest BCUT2D eigenvalue weighted by atomic mass is 10.4. The second kappa shape index (κ2) is 7.46. The van der Waals surface area contributed by atoms with Crippen molar-refractivity contribution in [3.63, 3.8) is 0 Å². The predicted octanol–water partition coefficient (Wildman–Crippen LogP) is 3.47. The summed E-state index contributed by atoms with van der Waals surface area (Å²) in [5.41, 5.74) is 0. The van der Waals surface area contributed by atoms with Gasteiger partial charge in [-0.3, -0.25) is 9.36 Å². The molecule has 0 unspecified atom stereocenters. The van der Waals surface area contributed by atoms with Gasteiger partial charge in [0.1, 0.15) is 23.2 Å². The highest BCUT2D eigenvalue weighted by Gasteiger charge is 2.50. The fourth-order valence-corrected chi connectivity index (χ4v) is 8.03. The fourth-order valence-electron chi connectivity index (χ4n) is 3.75. The van der Waals surface area contributed by atoms with E-state index in [1.54, 1.807) is 6.20 Å². The molecule has 0 atom stereocenters. The van der Waals surface area contributed by atoms with E-state index in [4.69, 9.17) is 0 Å². The molecule has 1 aromatic heterocycles. The monoisotopic (exact) mass is 386 g/mol. The maximum atomic E-state index is 12.0. The Balaban J connectivity index is 2.15. The van der Waals surface area contributed by atoms with Gasteiger partial charge in [0.15, 0.2) is 5.30 Å². The number of rotatable bonds is 4. The highest BCUT2D eigenvalue weighted by Crippen LogP contribution is 2.56. The van der Waals surface area contributed by atoms with Crippen molar-refractivity contribution in [1.29, 1.82) is 0 Å².